The van der Waals surface area contributed by atoms with Crippen LogP contribution in [-0.4, -0.2) is 11.9 Å². The maximum absolute atomic E-state index is 6.13. The van der Waals surface area contributed by atoms with Gasteiger partial charge >= 0.3 is 0 Å². The highest BCUT2D eigenvalue weighted by Gasteiger charge is 2.13. The molecule has 17 heavy (non-hydrogen) atoms. The number of hydrogen-bond acceptors (Lipinski definition) is 1. The molecular formula is C14H20BrClO. The second-order valence-electron chi connectivity index (χ2n) is 4.84. The van der Waals surface area contributed by atoms with Crippen LogP contribution in [0.3, 0.4) is 0 Å². The zero-order valence-corrected chi connectivity index (χ0v) is 13.2. The minimum absolute atomic E-state index is 0.534. The molecule has 0 aliphatic rings. The lowest BCUT2D eigenvalue weighted by molar-refractivity contribution is 0.227. The van der Waals surface area contributed by atoms with Crippen molar-refractivity contribution in [1.29, 1.82) is 0 Å². The van der Waals surface area contributed by atoms with Crippen molar-refractivity contribution >= 4 is 27.5 Å². The van der Waals surface area contributed by atoms with E-state index in [0.717, 1.165) is 33.8 Å². The molecule has 1 aromatic carbocycles. The van der Waals surface area contributed by atoms with E-state index >= 15 is 0 Å². The van der Waals surface area contributed by atoms with E-state index in [1.807, 2.05) is 26.0 Å². The summed E-state index contributed by atoms with van der Waals surface area (Å²) in [6.45, 7) is 9.18. The second-order valence-corrected chi connectivity index (χ2v) is 5.87. The molecule has 0 amide bonds. The first-order valence-electron chi connectivity index (χ1n) is 5.91. The average molecular weight is 320 g/mol. The van der Waals surface area contributed by atoms with Crippen LogP contribution >= 0.6 is 27.5 Å². The van der Waals surface area contributed by atoms with Gasteiger partial charge in [0.15, 0.2) is 0 Å². The maximum atomic E-state index is 6.13. The topological polar surface area (TPSA) is 9.23 Å². The Morgan fingerprint density at radius 2 is 1.76 bits per heavy atom. The van der Waals surface area contributed by atoms with Crippen LogP contribution in [0, 0.1) is 25.7 Å². The number of benzene rings is 1. The van der Waals surface area contributed by atoms with E-state index in [1.54, 1.807) is 0 Å². The molecule has 0 radical (unpaired) electrons. The summed E-state index contributed by atoms with van der Waals surface area (Å²) < 4.78 is 5.85. The summed E-state index contributed by atoms with van der Waals surface area (Å²) in [5, 5.41) is 1.80. The molecule has 0 spiro atoms. The fraction of sp³-hybridized carbons (Fsp3) is 0.571. The molecule has 3 heteroatoms. The molecule has 0 aliphatic carbocycles. The first-order chi connectivity index (χ1) is 7.95. The van der Waals surface area contributed by atoms with Gasteiger partial charge in [-0.3, -0.25) is 0 Å². The Bertz CT molecular complexity index is 353. The van der Waals surface area contributed by atoms with E-state index < -0.39 is 0 Å². The molecule has 0 heterocycles. The highest BCUT2D eigenvalue weighted by atomic mass is 79.9. The molecule has 1 nitrogen and oxygen atoms in total. The van der Waals surface area contributed by atoms with Gasteiger partial charge in [-0.05, 0) is 43.0 Å². The van der Waals surface area contributed by atoms with E-state index in [9.17, 15) is 0 Å². The van der Waals surface area contributed by atoms with Gasteiger partial charge in [0.1, 0.15) is 5.75 Å². The summed E-state index contributed by atoms with van der Waals surface area (Å²) in [6, 6.07) is 4.00. The minimum Gasteiger partial charge on any atom is -0.493 e. The van der Waals surface area contributed by atoms with Crippen LogP contribution < -0.4 is 4.74 Å². The predicted octanol–water partition coefficient (Wildman–Crippen LogP) is 5.00. The molecule has 0 saturated heterocycles. The van der Waals surface area contributed by atoms with Gasteiger partial charge in [-0.1, -0.05) is 41.4 Å². The van der Waals surface area contributed by atoms with Gasteiger partial charge in [-0.2, -0.15) is 0 Å². The van der Waals surface area contributed by atoms with Crippen molar-refractivity contribution in [2.45, 2.75) is 27.7 Å². The van der Waals surface area contributed by atoms with Crippen LogP contribution in [0.5, 0.6) is 5.75 Å². The Balaban J connectivity index is 2.69. The monoisotopic (exact) mass is 318 g/mol. The smallest absolute Gasteiger partial charge is 0.119 e. The lowest BCUT2D eigenvalue weighted by atomic mass is 9.99. The number of hydrogen-bond donors (Lipinski definition) is 0. The summed E-state index contributed by atoms with van der Waals surface area (Å²) in [5.74, 6) is 2.06. The zero-order chi connectivity index (χ0) is 13.0. The predicted molar refractivity (Wildman–Crippen MR) is 78.5 cm³/mol. The number of rotatable bonds is 5. The van der Waals surface area contributed by atoms with E-state index in [0.29, 0.717) is 11.8 Å². The standard InChI is InChI=1S/C14H20BrClO/c1-9(2)12(7-15)8-17-13-5-10(3)14(16)11(4)6-13/h5-6,9,12H,7-8H2,1-4H3. The normalized spacial score (nSPS) is 12.9. The van der Waals surface area contributed by atoms with Gasteiger partial charge in [-0.25, -0.2) is 0 Å². The van der Waals surface area contributed by atoms with E-state index in [-0.39, 0.29) is 0 Å². The number of ether oxygens (including phenoxy) is 1. The van der Waals surface area contributed by atoms with Crippen molar-refractivity contribution in [3.8, 4) is 5.75 Å². The van der Waals surface area contributed by atoms with E-state index in [1.165, 1.54) is 0 Å². The fourth-order valence-corrected chi connectivity index (χ4v) is 2.65. The minimum atomic E-state index is 0.534. The molecule has 0 aliphatic heterocycles. The lowest BCUT2D eigenvalue weighted by Gasteiger charge is -2.19. The second kappa shape index (κ2) is 6.65. The number of aryl methyl sites for hydroxylation is 2. The summed E-state index contributed by atoms with van der Waals surface area (Å²) in [7, 11) is 0. The maximum Gasteiger partial charge on any atom is 0.119 e. The molecule has 0 fully saturated rings. The van der Waals surface area contributed by atoms with Gasteiger partial charge in [0, 0.05) is 16.3 Å². The summed E-state index contributed by atoms with van der Waals surface area (Å²) in [5.41, 5.74) is 2.14. The number of alkyl halides is 1. The highest BCUT2D eigenvalue weighted by molar-refractivity contribution is 9.09. The van der Waals surface area contributed by atoms with Gasteiger partial charge in [0.05, 0.1) is 6.61 Å². The first-order valence-corrected chi connectivity index (χ1v) is 7.41. The van der Waals surface area contributed by atoms with Gasteiger partial charge < -0.3 is 4.74 Å². The van der Waals surface area contributed by atoms with Crippen molar-refractivity contribution in [3.63, 3.8) is 0 Å². The van der Waals surface area contributed by atoms with Crippen LogP contribution in [0.4, 0.5) is 0 Å². The lowest BCUT2D eigenvalue weighted by Crippen LogP contribution is -2.19. The van der Waals surface area contributed by atoms with Gasteiger partial charge in [0.25, 0.3) is 0 Å². The van der Waals surface area contributed by atoms with Crippen molar-refractivity contribution in [2.24, 2.45) is 11.8 Å². The highest BCUT2D eigenvalue weighted by Crippen LogP contribution is 2.26. The Hall–Kier alpha value is -0.210. The van der Waals surface area contributed by atoms with Crippen molar-refractivity contribution in [2.75, 3.05) is 11.9 Å². The Morgan fingerprint density at radius 3 is 2.18 bits per heavy atom. The Kier molecular flexibility index (Phi) is 5.81. The van der Waals surface area contributed by atoms with Crippen LogP contribution in [0.15, 0.2) is 12.1 Å². The summed E-state index contributed by atoms with van der Waals surface area (Å²) in [6.07, 6.45) is 0. The molecule has 0 aromatic heterocycles. The molecule has 0 bridgehead atoms. The first kappa shape index (κ1) is 14.8. The molecule has 0 saturated carbocycles. The third kappa shape index (κ3) is 4.18. The SMILES string of the molecule is Cc1cc(OCC(CBr)C(C)C)cc(C)c1Cl. The van der Waals surface area contributed by atoms with Crippen LogP contribution in [0.2, 0.25) is 5.02 Å². The number of halogens is 2. The van der Waals surface area contributed by atoms with Crippen molar-refractivity contribution in [1.82, 2.24) is 0 Å². The molecule has 0 N–H and O–H groups in total. The third-order valence-corrected chi connectivity index (χ3v) is 4.44. The quantitative estimate of drug-likeness (QED) is 0.694. The van der Waals surface area contributed by atoms with Crippen molar-refractivity contribution in [3.05, 3.63) is 28.3 Å². The molecule has 1 unspecified atom stereocenters. The molecular weight excluding hydrogens is 300 g/mol. The van der Waals surface area contributed by atoms with Crippen LogP contribution in [0.1, 0.15) is 25.0 Å². The third-order valence-electron chi connectivity index (χ3n) is 3.02. The zero-order valence-electron chi connectivity index (χ0n) is 10.9. The Labute approximate surface area is 118 Å². The van der Waals surface area contributed by atoms with Gasteiger partial charge in [-0.15, -0.1) is 0 Å². The van der Waals surface area contributed by atoms with Crippen molar-refractivity contribution < 1.29 is 4.74 Å². The fourth-order valence-electron chi connectivity index (χ4n) is 1.61. The van der Waals surface area contributed by atoms with E-state index in [2.05, 4.69) is 29.8 Å². The molecule has 1 rings (SSSR count). The van der Waals surface area contributed by atoms with Crippen LogP contribution in [0.25, 0.3) is 0 Å². The molecule has 1 atom stereocenters. The van der Waals surface area contributed by atoms with Gasteiger partial charge in [0.2, 0.25) is 0 Å². The average Bonchev–Trinajstić information content (AvgIpc) is 2.26. The summed E-state index contributed by atoms with van der Waals surface area (Å²) >= 11 is 9.66. The molecule has 1 aromatic rings. The largest absolute Gasteiger partial charge is 0.493 e. The Morgan fingerprint density at radius 1 is 1.24 bits per heavy atom. The van der Waals surface area contributed by atoms with E-state index in [4.69, 9.17) is 16.3 Å². The molecule has 96 valence electrons. The van der Waals surface area contributed by atoms with Crippen LogP contribution in [-0.2, 0) is 0 Å². The summed E-state index contributed by atoms with van der Waals surface area (Å²) in [4.78, 5) is 0.